The van der Waals surface area contributed by atoms with E-state index < -0.39 is 0 Å². The van der Waals surface area contributed by atoms with Crippen LogP contribution in [0.5, 0.6) is 0 Å². The highest BCUT2D eigenvalue weighted by Gasteiger charge is 2.02. The number of rotatable bonds is 11. The first-order valence-electron chi connectivity index (χ1n) is 5.88. The molecular formula is C10H27N5. The first kappa shape index (κ1) is 14.8. The molecule has 0 atom stereocenters. The maximum absolute atomic E-state index is 5.50. The van der Waals surface area contributed by atoms with Crippen LogP contribution in [-0.4, -0.2) is 57.3 Å². The van der Waals surface area contributed by atoms with Gasteiger partial charge in [0.1, 0.15) is 0 Å². The summed E-state index contributed by atoms with van der Waals surface area (Å²) in [6.45, 7) is 7.30. The van der Waals surface area contributed by atoms with Crippen LogP contribution in [0, 0.1) is 0 Å². The second kappa shape index (κ2) is 11.9. The molecule has 92 valence electrons. The van der Waals surface area contributed by atoms with Crippen LogP contribution in [0.15, 0.2) is 0 Å². The Balaban J connectivity index is 3.49. The Morgan fingerprint density at radius 1 is 0.733 bits per heavy atom. The van der Waals surface area contributed by atoms with Gasteiger partial charge in [0.15, 0.2) is 0 Å². The summed E-state index contributed by atoms with van der Waals surface area (Å²) in [6, 6.07) is 0. The molecule has 0 aromatic heterocycles. The van der Waals surface area contributed by atoms with Crippen LogP contribution in [0.4, 0.5) is 0 Å². The molecule has 0 saturated carbocycles. The number of nitrogens with zero attached hydrogens (tertiary/aromatic N) is 1. The SMILES string of the molecule is NCCCN(CCCN)CCNCCN. The van der Waals surface area contributed by atoms with Crippen LogP contribution >= 0.6 is 0 Å². The van der Waals surface area contributed by atoms with Crippen LogP contribution in [0.2, 0.25) is 0 Å². The third kappa shape index (κ3) is 10.1. The van der Waals surface area contributed by atoms with Gasteiger partial charge in [-0.05, 0) is 39.0 Å². The van der Waals surface area contributed by atoms with Crippen molar-refractivity contribution < 1.29 is 0 Å². The van der Waals surface area contributed by atoms with Crippen LogP contribution < -0.4 is 22.5 Å². The van der Waals surface area contributed by atoms with Gasteiger partial charge < -0.3 is 27.4 Å². The van der Waals surface area contributed by atoms with Crippen LogP contribution in [0.25, 0.3) is 0 Å². The van der Waals surface area contributed by atoms with E-state index in [0.29, 0.717) is 6.54 Å². The summed E-state index contributed by atoms with van der Waals surface area (Å²) in [5.74, 6) is 0. The van der Waals surface area contributed by atoms with Crippen molar-refractivity contribution in [1.82, 2.24) is 10.2 Å². The van der Waals surface area contributed by atoms with Crippen molar-refractivity contribution in [2.45, 2.75) is 12.8 Å². The van der Waals surface area contributed by atoms with E-state index in [0.717, 1.165) is 58.7 Å². The zero-order chi connectivity index (χ0) is 11.4. The molecule has 5 heteroatoms. The molecule has 0 radical (unpaired) electrons. The predicted octanol–water partition coefficient (Wildman–Crippen LogP) is -1.47. The van der Waals surface area contributed by atoms with Gasteiger partial charge in [-0.2, -0.15) is 0 Å². The average Bonchev–Trinajstić information content (AvgIpc) is 2.27. The van der Waals surface area contributed by atoms with E-state index in [-0.39, 0.29) is 0 Å². The third-order valence-corrected chi connectivity index (χ3v) is 2.28. The molecule has 0 aliphatic heterocycles. The highest BCUT2D eigenvalue weighted by molar-refractivity contribution is 4.61. The first-order valence-corrected chi connectivity index (χ1v) is 5.88. The van der Waals surface area contributed by atoms with E-state index in [1.165, 1.54) is 0 Å². The smallest absolute Gasteiger partial charge is 0.0107 e. The highest BCUT2D eigenvalue weighted by Crippen LogP contribution is 1.92. The molecule has 0 saturated heterocycles. The van der Waals surface area contributed by atoms with Crippen LogP contribution in [0.3, 0.4) is 0 Å². The predicted molar refractivity (Wildman–Crippen MR) is 65.7 cm³/mol. The fourth-order valence-corrected chi connectivity index (χ4v) is 1.43. The Hall–Kier alpha value is -0.200. The van der Waals surface area contributed by atoms with Crippen molar-refractivity contribution >= 4 is 0 Å². The quantitative estimate of drug-likeness (QED) is 0.317. The summed E-state index contributed by atoms with van der Waals surface area (Å²) in [7, 11) is 0. The Morgan fingerprint density at radius 2 is 1.33 bits per heavy atom. The molecule has 0 aromatic rings. The van der Waals surface area contributed by atoms with Gasteiger partial charge >= 0.3 is 0 Å². The van der Waals surface area contributed by atoms with Crippen molar-refractivity contribution in [3.05, 3.63) is 0 Å². The lowest BCUT2D eigenvalue weighted by atomic mass is 10.3. The van der Waals surface area contributed by atoms with Gasteiger partial charge in [-0.25, -0.2) is 0 Å². The Morgan fingerprint density at radius 3 is 1.80 bits per heavy atom. The van der Waals surface area contributed by atoms with E-state index in [2.05, 4.69) is 10.2 Å². The van der Waals surface area contributed by atoms with Gasteiger partial charge in [-0.3, -0.25) is 0 Å². The third-order valence-electron chi connectivity index (χ3n) is 2.28. The van der Waals surface area contributed by atoms with Crippen LogP contribution in [0.1, 0.15) is 12.8 Å². The molecule has 0 bridgehead atoms. The number of nitrogens with two attached hydrogens (primary N) is 3. The lowest BCUT2D eigenvalue weighted by Gasteiger charge is -2.21. The Kier molecular flexibility index (Phi) is 11.7. The number of hydrogen-bond acceptors (Lipinski definition) is 5. The Labute approximate surface area is 93.4 Å². The van der Waals surface area contributed by atoms with Gasteiger partial charge in [-0.15, -0.1) is 0 Å². The molecule has 0 rings (SSSR count). The van der Waals surface area contributed by atoms with E-state index in [1.807, 2.05) is 0 Å². The van der Waals surface area contributed by atoms with Crippen molar-refractivity contribution in [3.63, 3.8) is 0 Å². The maximum atomic E-state index is 5.50. The average molecular weight is 217 g/mol. The Bertz CT molecular complexity index is 112. The summed E-state index contributed by atoms with van der Waals surface area (Å²) >= 11 is 0. The molecule has 7 N–H and O–H groups in total. The van der Waals surface area contributed by atoms with Gasteiger partial charge in [0, 0.05) is 26.2 Å². The van der Waals surface area contributed by atoms with E-state index >= 15 is 0 Å². The lowest BCUT2D eigenvalue weighted by molar-refractivity contribution is 0.270. The minimum absolute atomic E-state index is 0.700. The normalized spacial score (nSPS) is 11.2. The van der Waals surface area contributed by atoms with Crippen LogP contribution in [-0.2, 0) is 0 Å². The molecule has 15 heavy (non-hydrogen) atoms. The van der Waals surface area contributed by atoms with E-state index in [1.54, 1.807) is 0 Å². The molecule has 0 unspecified atom stereocenters. The highest BCUT2D eigenvalue weighted by atomic mass is 15.1. The summed E-state index contributed by atoms with van der Waals surface area (Å²) in [6.07, 6.45) is 2.11. The monoisotopic (exact) mass is 217 g/mol. The second-order valence-electron chi connectivity index (χ2n) is 3.66. The number of hydrogen-bond donors (Lipinski definition) is 4. The molecule has 0 aromatic carbocycles. The fourth-order valence-electron chi connectivity index (χ4n) is 1.43. The van der Waals surface area contributed by atoms with Crippen molar-refractivity contribution in [1.29, 1.82) is 0 Å². The maximum Gasteiger partial charge on any atom is 0.0107 e. The topological polar surface area (TPSA) is 93.3 Å². The largest absolute Gasteiger partial charge is 0.330 e. The summed E-state index contributed by atoms with van der Waals surface area (Å²) in [4.78, 5) is 2.41. The summed E-state index contributed by atoms with van der Waals surface area (Å²) in [5.41, 5.74) is 16.4. The zero-order valence-electron chi connectivity index (χ0n) is 9.75. The van der Waals surface area contributed by atoms with Gasteiger partial charge in [0.25, 0.3) is 0 Å². The first-order chi connectivity index (χ1) is 7.35. The van der Waals surface area contributed by atoms with Gasteiger partial charge in [0.2, 0.25) is 0 Å². The van der Waals surface area contributed by atoms with Crippen molar-refractivity contribution in [2.24, 2.45) is 17.2 Å². The van der Waals surface area contributed by atoms with Gasteiger partial charge in [-0.1, -0.05) is 0 Å². The second-order valence-corrected chi connectivity index (χ2v) is 3.66. The zero-order valence-corrected chi connectivity index (χ0v) is 9.75. The molecule has 5 nitrogen and oxygen atoms in total. The number of nitrogens with one attached hydrogen (secondary N) is 1. The molecule has 0 spiro atoms. The lowest BCUT2D eigenvalue weighted by Crippen LogP contribution is -2.36. The van der Waals surface area contributed by atoms with E-state index in [4.69, 9.17) is 17.2 Å². The summed E-state index contributed by atoms with van der Waals surface area (Å²) < 4.78 is 0. The molecule has 0 amide bonds. The molecule has 0 fully saturated rings. The molecular weight excluding hydrogens is 190 g/mol. The fraction of sp³-hybridized carbons (Fsp3) is 1.00. The minimum atomic E-state index is 0.700. The standard InChI is InChI=1S/C10H27N5/c11-3-1-8-15(9-2-4-12)10-7-14-6-5-13/h14H,1-13H2. The van der Waals surface area contributed by atoms with Crippen molar-refractivity contribution in [3.8, 4) is 0 Å². The van der Waals surface area contributed by atoms with E-state index in [9.17, 15) is 0 Å². The van der Waals surface area contributed by atoms with Crippen molar-refractivity contribution in [2.75, 3.05) is 52.4 Å². The molecule has 0 aliphatic carbocycles. The molecule has 0 heterocycles. The summed E-state index contributed by atoms with van der Waals surface area (Å²) in [5, 5.41) is 3.29. The molecule has 0 aliphatic rings. The van der Waals surface area contributed by atoms with Gasteiger partial charge in [0.05, 0.1) is 0 Å². The minimum Gasteiger partial charge on any atom is -0.330 e.